The van der Waals surface area contributed by atoms with Gasteiger partial charge in [-0.1, -0.05) is 32.6 Å². The second-order valence-electron chi connectivity index (χ2n) is 3.89. The molecule has 0 spiro atoms. The van der Waals surface area contributed by atoms with E-state index in [-0.39, 0.29) is 0 Å². The molecule has 90 valence electrons. The average Bonchev–Trinajstić information content (AvgIpc) is 2.76. The molecule has 1 heterocycles. The van der Waals surface area contributed by atoms with Crippen molar-refractivity contribution in [2.45, 2.75) is 45.6 Å². The Morgan fingerprint density at radius 3 is 2.75 bits per heavy atom. The van der Waals surface area contributed by atoms with E-state index in [4.69, 9.17) is 9.15 Å². The molecular formula is C13H20O3. The molecule has 0 radical (unpaired) electrons. The largest absolute Gasteiger partial charge is 0.456 e. The summed E-state index contributed by atoms with van der Waals surface area (Å²) in [6.07, 6.45) is 6.89. The Hall–Kier alpha value is -1.09. The first-order chi connectivity index (χ1) is 7.86. The second-order valence-corrected chi connectivity index (χ2v) is 3.89. The average molecular weight is 224 g/mol. The molecule has 0 unspecified atom stereocenters. The highest BCUT2D eigenvalue weighted by atomic mass is 16.5. The fraction of sp³-hybridized carbons (Fsp3) is 0.615. The third kappa shape index (κ3) is 5.12. The summed E-state index contributed by atoms with van der Waals surface area (Å²) >= 11 is 0. The lowest BCUT2D eigenvalue weighted by atomic mass is 10.2. The molecular weight excluding hydrogens is 204 g/mol. The van der Waals surface area contributed by atoms with E-state index >= 15 is 0 Å². The van der Waals surface area contributed by atoms with Gasteiger partial charge in [-0.15, -0.1) is 0 Å². The number of aldehydes is 1. The monoisotopic (exact) mass is 224 g/mol. The minimum Gasteiger partial charge on any atom is -0.456 e. The van der Waals surface area contributed by atoms with Gasteiger partial charge >= 0.3 is 0 Å². The fourth-order valence-electron chi connectivity index (χ4n) is 1.52. The number of unbranched alkanes of at least 4 members (excludes halogenated alkanes) is 4. The molecule has 0 saturated heterocycles. The van der Waals surface area contributed by atoms with E-state index in [1.54, 1.807) is 12.1 Å². The van der Waals surface area contributed by atoms with Gasteiger partial charge in [0, 0.05) is 6.61 Å². The first-order valence-corrected chi connectivity index (χ1v) is 5.98. The Labute approximate surface area is 96.8 Å². The normalized spacial score (nSPS) is 10.6. The third-order valence-electron chi connectivity index (χ3n) is 2.44. The summed E-state index contributed by atoms with van der Waals surface area (Å²) in [7, 11) is 0. The number of ether oxygens (including phenoxy) is 1. The number of furan rings is 1. The maximum absolute atomic E-state index is 10.4. The van der Waals surface area contributed by atoms with Crippen LogP contribution in [-0.4, -0.2) is 12.9 Å². The van der Waals surface area contributed by atoms with Gasteiger partial charge in [0.1, 0.15) is 12.4 Å². The summed E-state index contributed by atoms with van der Waals surface area (Å²) in [5.41, 5.74) is 0. The predicted molar refractivity (Wildman–Crippen MR) is 62.5 cm³/mol. The molecule has 3 heteroatoms. The number of hydrogen-bond donors (Lipinski definition) is 0. The number of rotatable bonds is 9. The molecule has 0 bridgehead atoms. The van der Waals surface area contributed by atoms with Crippen LogP contribution < -0.4 is 0 Å². The van der Waals surface area contributed by atoms with Gasteiger partial charge in [-0.05, 0) is 18.6 Å². The van der Waals surface area contributed by atoms with E-state index in [0.717, 1.165) is 18.8 Å². The van der Waals surface area contributed by atoms with Gasteiger partial charge in [-0.2, -0.15) is 0 Å². The first kappa shape index (κ1) is 13.0. The lowest BCUT2D eigenvalue weighted by Gasteiger charge is -2.01. The molecule has 1 aromatic rings. The van der Waals surface area contributed by atoms with Crippen molar-refractivity contribution in [1.29, 1.82) is 0 Å². The van der Waals surface area contributed by atoms with Crippen LogP contribution in [0, 0.1) is 0 Å². The lowest BCUT2D eigenvalue weighted by Crippen LogP contribution is -1.94. The number of hydrogen-bond acceptors (Lipinski definition) is 3. The SMILES string of the molecule is CCCCCCCOCc1ccc(C=O)o1. The Morgan fingerprint density at radius 2 is 2.06 bits per heavy atom. The minimum absolute atomic E-state index is 0.363. The molecule has 3 nitrogen and oxygen atoms in total. The highest BCUT2D eigenvalue weighted by Crippen LogP contribution is 2.08. The molecule has 0 aromatic carbocycles. The Morgan fingerprint density at radius 1 is 1.25 bits per heavy atom. The zero-order valence-electron chi connectivity index (χ0n) is 9.91. The molecule has 1 aromatic heterocycles. The van der Waals surface area contributed by atoms with Gasteiger partial charge in [0.25, 0.3) is 0 Å². The minimum atomic E-state index is 0.363. The Balaban J connectivity index is 2.00. The van der Waals surface area contributed by atoms with E-state index in [2.05, 4.69) is 6.92 Å². The van der Waals surface area contributed by atoms with Gasteiger partial charge in [0.05, 0.1) is 0 Å². The van der Waals surface area contributed by atoms with Crippen molar-refractivity contribution in [2.75, 3.05) is 6.61 Å². The molecule has 0 saturated carbocycles. The second kappa shape index (κ2) is 8.11. The van der Waals surface area contributed by atoms with E-state index < -0.39 is 0 Å². The Bertz CT molecular complexity index is 291. The molecule has 1 rings (SSSR count). The van der Waals surface area contributed by atoms with Crippen molar-refractivity contribution in [1.82, 2.24) is 0 Å². The van der Waals surface area contributed by atoms with E-state index in [0.29, 0.717) is 18.7 Å². The maximum atomic E-state index is 10.4. The maximum Gasteiger partial charge on any atom is 0.185 e. The molecule has 0 fully saturated rings. The van der Waals surface area contributed by atoms with Gasteiger partial charge in [-0.25, -0.2) is 0 Å². The van der Waals surface area contributed by atoms with E-state index in [1.807, 2.05) is 0 Å². The molecule has 0 aliphatic heterocycles. The van der Waals surface area contributed by atoms with Crippen molar-refractivity contribution >= 4 is 6.29 Å². The standard InChI is InChI=1S/C13H20O3/c1-2-3-4-5-6-9-15-11-13-8-7-12(10-14)16-13/h7-8,10H,2-6,9,11H2,1H3. The quantitative estimate of drug-likeness (QED) is 0.475. The topological polar surface area (TPSA) is 39.4 Å². The van der Waals surface area contributed by atoms with Crippen LogP contribution in [0.15, 0.2) is 16.5 Å². The summed E-state index contributed by atoms with van der Waals surface area (Å²) in [5.74, 6) is 1.08. The third-order valence-corrected chi connectivity index (χ3v) is 2.44. The van der Waals surface area contributed by atoms with Crippen molar-refractivity contribution in [3.63, 3.8) is 0 Å². The van der Waals surface area contributed by atoms with Crippen LogP contribution in [0.25, 0.3) is 0 Å². The van der Waals surface area contributed by atoms with Gasteiger partial charge < -0.3 is 9.15 Å². The highest BCUT2D eigenvalue weighted by Gasteiger charge is 2.00. The highest BCUT2D eigenvalue weighted by molar-refractivity contribution is 5.70. The molecule has 0 N–H and O–H groups in total. The van der Waals surface area contributed by atoms with Crippen molar-refractivity contribution < 1.29 is 13.9 Å². The summed E-state index contributed by atoms with van der Waals surface area (Å²) in [4.78, 5) is 10.4. The summed E-state index contributed by atoms with van der Waals surface area (Å²) in [6, 6.07) is 3.44. The van der Waals surface area contributed by atoms with Crippen LogP contribution in [0.4, 0.5) is 0 Å². The van der Waals surface area contributed by atoms with Crippen LogP contribution in [0.5, 0.6) is 0 Å². The molecule has 16 heavy (non-hydrogen) atoms. The van der Waals surface area contributed by atoms with Gasteiger partial charge in [0.15, 0.2) is 12.0 Å². The Kier molecular flexibility index (Phi) is 6.58. The van der Waals surface area contributed by atoms with Crippen LogP contribution in [0.3, 0.4) is 0 Å². The van der Waals surface area contributed by atoms with Gasteiger partial charge in [-0.3, -0.25) is 4.79 Å². The molecule has 0 amide bonds. The number of carbonyl (C=O) groups excluding carboxylic acids is 1. The summed E-state index contributed by atoms with van der Waals surface area (Å²) in [5, 5.41) is 0. The first-order valence-electron chi connectivity index (χ1n) is 5.98. The predicted octanol–water partition coefficient (Wildman–Crippen LogP) is 3.58. The van der Waals surface area contributed by atoms with Gasteiger partial charge in [0.2, 0.25) is 0 Å². The zero-order valence-corrected chi connectivity index (χ0v) is 9.91. The van der Waals surface area contributed by atoms with Crippen LogP contribution in [-0.2, 0) is 11.3 Å². The lowest BCUT2D eigenvalue weighted by molar-refractivity contribution is 0.0986. The van der Waals surface area contributed by atoms with Crippen molar-refractivity contribution in [2.24, 2.45) is 0 Å². The number of carbonyl (C=O) groups is 1. The molecule has 0 atom stereocenters. The van der Waals surface area contributed by atoms with E-state index in [1.165, 1.54) is 25.7 Å². The van der Waals surface area contributed by atoms with E-state index in [9.17, 15) is 4.79 Å². The molecule has 0 aliphatic rings. The summed E-state index contributed by atoms with van der Waals surface area (Å²) in [6.45, 7) is 3.43. The van der Waals surface area contributed by atoms with Crippen LogP contribution in [0.2, 0.25) is 0 Å². The van der Waals surface area contributed by atoms with Crippen molar-refractivity contribution in [3.05, 3.63) is 23.7 Å². The van der Waals surface area contributed by atoms with Crippen LogP contribution in [0.1, 0.15) is 55.3 Å². The van der Waals surface area contributed by atoms with Crippen molar-refractivity contribution in [3.8, 4) is 0 Å². The fourth-order valence-corrected chi connectivity index (χ4v) is 1.52. The smallest absolute Gasteiger partial charge is 0.185 e. The molecule has 0 aliphatic carbocycles. The summed E-state index contributed by atoms with van der Waals surface area (Å²) < 4.78 is 10.6. The van der Waals surface area contributed by atoms with Crippen LogP contribution >= 0.6 is 0 Å². The zero-order chi connectivity index (χ0) is 11.6.